The number of aryl methyl sites for hydroxylation is 1. The maximum atomic E-state index is 5.51. The van der Waals surface area contributed by atoms with E-state index in [9.17, 15) is 0 Å². The number of anilines is 1. The topological polar surface area (TPSA) is 82.1 Å². The smallest absolute Gasteiger partial charge is 0.257 e. The Morgan fingerprint density at radius 3 is 2.53 bits per heavy atom. The molecule has 0 amide bonds. The third kappa shape index (κ3) is 4.68. The lowest BCUT2D eigenvalue weighted by Gasteiger charge is -2.28. The van der Waals surface area contributed by atoms with Crippen LogP contribution in [0.4, 0.5) is 5.95 Å². The molecule has 2 aromatic carbocycles. The van der Waals surface area contributed by atoms with E-state index in [2.05, 4.69) is 48.9 Å². The van der Waals surface area contributed by atoms with Gasteiger partial charge in [0.15, 0.2) is 11.0 Å². The van der Waals surface area contributed by atoms with Crippen molar-refractivity contribution < 1.29 is 9.26 Å². The lowest BCUT2D eigenvalue weighted by Crippen LogP contribution is -2.38. The highest BCUT2D eigenvalue weighted by Gasteiger charge is 2.21. The monoisotopic (exact) mass is 448 g/mol. The Hall–Kier alpha value is -3.17. The van der Waals surface area contributed by atoms with Gasteiger partial charge in [0.25, 0.3) is 5.89 Å². The van der Waals surface area contributed by atoms with Gasteiger partial charge in [0.1, 0.15) is 0 Å². The summed E-state index contributed by atoms with van der Waals surface area (Å²) in [6, 6.07) is 18.4. The zero-order valence-corrected chi connectivity index (χ0v) is 18.7. The minimum atomic E-state index is 0.528. The Morgan fingerprint density at radius 1 is 0.969 bits per heavy atom. The van der Waals surface area contributed by atoms with Crippen molar-refractivity contribution in [1.82, 2.24) is 24.9 Å². The number of thioether (sulfide) groups is 1. The van der Waals surface area contributed by atoms with Crippen molar-refractivity contribution in [2.75, 3.05) is 31.2 Å². The van der Waals surface area contributed by atoms with Crippen LogP contribution in [0.5, 0.6) is 0 Å². The fourth-order valence-corrected chi connectivity index (χ4v) is 4.32. The molecule has 0 unspecified atom stereocenters. The quantitative estimate of drug-likeness (QED) is 0.395. The van der Waals surface area contributed by atoms with Gasteiger partial charge in [0.05, 0.1) is 25.5 Å². The van der Waals surface area contributed by atoms with E-state index in [1.54, 1.807) is 11.8 Å². The van der Waals surface area contributed by atoms with Crippen LogP contribution >= 0.6 is 11.8 Å². The van der Waals surface area contributed by atoms with Crippen LogP contribution in [0.2, 0.25) is 0 Å². The van der Waals surface area contributed by atoms with E-state index in [0.717, 1.165) is 29.8 Å². The summed E-state index contributed by atoms with van der Waals surface area (Å²) in [5, 5.41) is 14.0. The van der Waals surface area contributed by atoms with Gasteiger partial charge in [-0.3, -0.25) is 4.57 Å². The van der Waals surface area contributed by atoms with Crippen molar-refractivity contribution >= 4 is 17.7 Å². The van der Waals surface area contributed by atoms with Crippen LogP contribution in [-0.4, -0.2) is 51.2 Å². The normalized spacial score (nSPS) is 14.1. The van der Waals surface area contributed by atoms with Crippen LogP contribution in [0.3, 0.4) is 0 Å². The second kappa shape index (κ2) is 9.54. The number of ether oxygens (including phenoxy) is 1. The van der Waals surface area contributed by atoms with Gasteiger partial charge in [0.2, 0.25) is 5.95 Å². The summed E-state index contributed by atoms with van der Waals surface area (Å²) in [5.74, 6) is 2.58. The van der Waals surface area contributed by atoms with Gasteiger partial charge in [-0.25, -0.2) is 0 Å². The van der Waals surface area contributed by atoms with Crippen molar-refractivity contribution in [2.24, 2.45) is 0 Å². The largest absolute Gasteiger partial charge is 0.378 e. The Labute approximate surface area is 190 Å². The molecular weight excluding hydrogens is 424 g/mol. The van der Waals surface area contributed by atoms with Crippen LogP contribution in [-0.2, 0) is 17.0 Å². The predicted octanol–water partition coefficient (Wildman–Crippen LogP) is 3.81. The highest BCUT2D eigenvalue weighted by molar-refractivity contribution is 7.98. The van der Waals surface area contributed by atoms with Crippen molar-refractivity contribution in [3.8, 4) is 11.5 Å². The summed E-state index contributed by atoms with van der Waals surface area (Å²) in [6.45, 7) is 5.77. The first-order valence-electron chi connectivity index (χ1n) is 10.6. The molecule has 4 aromatic rings. The van der Waals surface area contributed by atoms with Crippen molar-refractivity contribution in [1.29, 1.82) is 0 Å². The molecule has 0 N–H and O–H groups in total. The Kier molecular flexibility index (Phi) is 6.17. The molecule has 1 fully saturated rings. The molecule has 9 heteroatoms. The molecule has 3 heterocycles. The molecule has 2 aromatic heterocycles. The fraction of sp³-hybridized carbons (Fsp3) is 0.304. The third-order valence-electron chi connectivity index (χ3n) is 5.27. The van der Waals surface area contributed by atoms with Crippen molar-refractivity contribution in [3.63, 3.8) is 0 Å². The summed E-state index contributed by atoms with van der Waals surface area (Å²) < 4.78 is 13.1. The average molecular weight is 449 g/mol. The maximum Gasteiger partial charge on any atom is 0.257 e. The van der Waals surface area contributed by atoms with Crippen LogP contribution in [0.25, 0.3) is 11.5 Å². The van der Waals surface area contributed by atoms with E-state index in [4.69, 9.17) is 9.26 Å². The molecule has 32 heavy (non-hydrogen) atoms. The SMILES string of the molecule is Cc1ccc(-c2nc(CSc3nnc(N4CCOCC4)n3Cc3ccccc3)no2)cc1. The number of morpholine rings is 1. The zero-order valence-electron chi connectivity index (χ0n) is 17.8. The molecule has 0 spiro atoms. The highest BCUT2D eigenvalue weighted by Crippen LogP contribution is 2.27. The number of benzene rings is 2. The van der Waals surface area contributed by atoms with Crippen LogP contribution in [0, 0.1) is 6.92 Å². The summed E-state index contributed by atoms with van der Waals surface area (Å²) in [6.07, 6.45) is 0. The summed E-state index contributed by atoms with van der Waals surface area (Å²) in [7, 11) is 0. The summed E-state index contributed by atoms with van der Waals surface area (Å²) in [5.41, 5.74) is 3.31. The maximum absolute atomic E-state index is 5.51. The number of hydrogen-bond acceptors (Lipinski definition) is 8. The zero-order chi connectivity index (χ0) is 21.8. The Morgan fingerprint density at radius 2 is 1.75 bits per heavy atom. The lowest BCUT2D eigenvalue weighted by molar-refractivity contribution is 0.121. The van der Waals surface area contributed by atoms with E-state index in [1.807, 2.05) is 42.5 Å². The molecular formula is C23H24N6O2S. The molecule has 0 aliphatic carbocycles. The fourth-order valence-electron chi connectivity index (χ4n) is 3.54. The first-order chi connectivity index (χ1) is 15.8. The van der Waals surface area contributed by atoms with E-state index >= 15 is 0 Å². The van der Waals surface area contributed by atoms with Crippen molar-refractivity contribution in [2.45, 2.75) is 24.4 Å². The number of aromatic nitrogens is 5. The van der Waals surface area contributed by atoms with Crippen LogP contribution in [0.1, 0.15) is 17.0 Å². The van der Waals surface area contributed by atoms with E-state index in [-0.39, 0.29) is 0 Å². The molecule has 5 rings (SSSR count). The van der Waals surface area contributed by atoms with Gasteiger partial charge < -0.3 is 14.2 Å². The summed E-state index contributed by atoms with van der Waals surface area (Å²) in [4.78, 5) is 6.78. The van der Waals surface area contributed by atoms with Gasteiger partial charge in [-0.15, -0.1) is 10.2 Å². The molecule has 0 saturated carbocycles. The Balaban J connectivity index is 1.35. The molecule has 1 aliphatic rings. The number of hydrogen-bond donors (Lipinski definition) is 0. The standard InChI is InChI=1S/C23H24N6O2S/c1-17-7-9-19(10-8-17)21-24-20(27-31-21)16-32-23-26-25-22(28-11-13-30-14-12-28)29(23)15-18-5-3-2-4-6-18/h2-10H,11-16H2,1H3. The van der Waals surface area contributed by atoms with Crippen LogP contribution < -0.4 is 4.90 Å². The second-order valence-electron chi connectivity index (χ2n) is 7.62. The van der Waals surface area contributed by atoms with Gasteiger partial charge in [0, 0.05) is 18.7 Å². The van der Waals surface area contributed by atoms with E-state index in [0.29, 0.717) is 37.2 Å². The highest BCUT2D eigenvalue weighted by atomic mass is 32.2. The molecule has 164 valence electrons. The molecule has 1 saturated heterocycles. The van der Waals surface area contributed by atoms with Crippen molar-refractivity contribution in [3.05, 3.63) is 71.5 Å². The lowest BCUT2D eigenvalue weighted by atomic mass is 10.1. The predicted molar refractivity (Wildman–Crippen MR) is 123 cm³/mol. The first-order valence-corrected chi connectivity index (χ1v) is 11.6. The van der Waals surface area contributed by atoms with E-state index < -0.39 is 0 Å². The number of rotatable bonds is 7. The third-order valence-corrected chi connectivity index (χ3v) is 6.23. The minimum Gasteiger partial charge on any atom is -0.378 e. The van der Waals surface area contributed by atoms with Gasteiger partial charge >= 0.3 is 0 Å². The molecule has 0 bridgehead atoms. The minimum absolute atomic E-state index is 0.528. The van der Waals surface area contributed by atoms with Gasteiger partial charge in [-0.1, -0.05) is 64.9 Å². The van der Waals surface area contributed by atoms with E-state index in [1.165, 1.54) is 11.1 Å². The van der Waals surface area contributed by atoms with Gasteiger partial charge in [-0.2, -0.15) is 4.98 Å². The van der Waals surface area contributed by atoms with Gasteiger partial charge in [-0.05, 0) is 24.6 Å². The number of nitrogens with zero attached hydrogens (tertiary/aromatic N) is 6. The van der Waals surface area contributed by atoms with Crippen LogP contribution in [0.15, 0.2) is 64.3 Å². The average Bonchev–Trinajstić information content (AvgIpc) is 3.47. The molecule has 0 radical (unpaired) electrons. The second-order valence-corrected chi connectivity index (χ2v) is 8.57. The first kappa shape index (κ1) is 20.7. The molecule has 0 atom stereocenters. The Bertz CT molecular complexity index is 1150. The molecule has 1 aliphatic heterocycles. The summed E-state index contributed by atoms with van der Waals surface area (Å²) >= 11 is 1.56. The molecule has 8 nitrogen and oxygen atoms in total.